The summed E-state index contributed by atoms with van der Waals surface area (Å²) >= 11 is 0. The molecule has 0 spiro atoms. The average molecular weight is 575 g/mol. The Morgan fingerprint density at radius 2 is 1.10 bits per heavy atom. The summed E-state index contributed by atoms with van der Waals surface area (Å²) in [5.74, 6) is -1.65. The van der Waals surface area contributed by atoms with Gasteiger partial charge in [-0.05, 0) is 41.3 Å². The second-order valence-corrected chi connectivity index (χ2v) is 10.4. The molecule has 0 N–H and O–H groups in total. The molecule has 0 unspecified atom stereocenters. The lowest BCUT2D eigenvalue weighted by Gasteiger charge is -2.22. The van der Waals surface area contributed by atoms with E-state index in [2.05, 4.69) is 13.8 Å². The van der Waals surface area contributed by atoms with Crippen molar-refractivity contribution in [1.29, 1.82) is 0 Å². The van der Waals surface area contributed by atoms with E-state index >= 15 is 0 Å². The van der Waals surface area contributed by atoms with Gasteiger partial charge < -0.3 is 18.9 Å². The smallest absolute Gasteiger partial charge is 0.434 e. The van der Waals surface area contributed by atoms with Crippen molar-refractivity contribution in [2.75, 3.05) is 13.2 Å². The van der Waals surface area contributed by atoms with Crippen molar-refractivity contribution in [1.82, 2.24) is 0 Å². The third-order valence-corrected chi connectivity index (χ3v) is 7.37. The first-order valence-corrected chi connectivity index (χ1v) is 14.9. The summed E-state index contributed by atoms with van der Waals surface area (Å²) in [6.45, 7) is 6.50. The van der Waals surface area contributed by atoms with Gasteiger partial charge in [0.1, 0.15) is 0 Å². The molecule has 0 amide bonds. The number of Topliss-reactive ketones (excluding diaryl/α,β-unsaturated/α-hetero) is 2. The van der Waals surface area contributed by atoms with Crippen LogP contribution in [0.5, 0.6) is 0 Å². The molecule has 0 fully saturated rings. The van der Waals surface area contributed by atoms with E-state index in [1.54, 1.807) is 36.4 Å². The predicted molar refractivity (Wildman–Crippen MR) is 158 cm³/mol. The van der Waals surface area contributed by atoms with Gasteiger partial charge in [0.15, 0.2) is 11.5 Å². The van der Waals surface area contributed by atoms with E-state index in [-0.39, 0.29) is 41.1 Å². The number of carbonyl (C=O) groups is 4. The number of rotatable bonds is 13. The van der Waals surface area contributed by atoms with Crippen LogP contribution in [0.2, 0.25) is 0 Å². The van der Waals surface area contributed by atoms with Crippen LogP contribution in [0.25, 0.3) is 22.7 Å². The second kappa shape index (κ2) is 14.6. The first-order valence-electron chi connectivity index (χ1n) is 14.9. The Hall–Kier alpha value is -4.20. The fraction of sp³-hybridized carbons (Fsp3) is 0.412. The third-order valence-electron chi connectivity index (χ3n) is 7.37. The molecule has 8 heteroatoms. The zero-order chi connectivity index (χ0) is 30.1. The summed E-state index contributed by atoms with van der Waals surface area (Å²) in [4.78, 5) is 53.2. The highest BCUT2D eigenvalue weighted by atomic mass is 16.7. The minimum absolute atomic E-state index is 0.0818. The summed E-state index contributed by atoms with van der Waals surface area (Å²) in [5, 5.41) is 1.39. The van der Waals surface area contributed by atoms with Gasteiger partial charge in [0.2, 0.25) is 11.6 Å². The van der Waals surface area contributed by atoms with E-state index in [9.17, 15) is 19.2 Å². The van der Waals surface area contributed by atoms with Crippen LogP contribution >= 0.6 is 0 Å². The maximum Gasteiger partial charge on any atom is 0.513 e. The molecule has 0 aliphatic heterocycles. The van der Waals surface area contributed by atoms with Gasteiger partial charge in [0.05, 0.1) is 13.2 Å². The lowest BCUT2D eigenvalue weighted by Crippen LogP contribution is -2.48. The van der Waals surface area contributed by atoms with Crippen LogP contribution in [0.1, 0.15) is 77.7 Å². The molecule has 8 nitrogen and oxygen atoms in total. The Morgan fingerprint density at radius 1 is 0.595 bits per heavy atom. The first-order chi connectivity index (χ1) is 20.4. The maximum absolute atomic E-state index is 14.0. The highest BCUT2D eigenvalue weighted by Gasteiger charge is 2.37. The molecule has 0 saturated carbocycles. The molecule has 2 aromatic carbocycles. The van der Waals surface area contributed by atoms with E-state index in [1.807, 2.05) is 13.0 Å². The molecule has 4 rings (SSSR count). The number of hydrogen-bond acceptors (Lipinski definition) is 8. The highest BCUT2D eigenvalue weighted by Crippen LogP contribution is 2.26. The molecular weight excluding hydrogens is 536 g/mol. The number of aryl methyl sites for hydroxylation is 1. The molecule has 2 aliphatic rings. The maximum atomic E-state index is 14.0. The van der Waals surface area contributed by atoms with Gasteiger partial charge in [-0.3, -0.25) is 9.59 Å². The molecule has 0 bridgehead atoms. The number of hydrogen-bond donors (Lipinski definition) is 0. The van der Waals surface area contributed by atoms with Crippen molar-refractivity contribution in [3.63, 3.8) is 0 Å². The van der Waals surface area contributed by atoms with Gasteiger partial charge in [-0.15, -0.1) is 0 Å². The first kappa shape index (κ1) is 30.8. The normalized spacial score (nSPS) is 13.8. The number of ketones is 2. The zero-order valence-electron chi connectivity index (χ0n) is 24.6. The fourth-order valence-corrected chi connectivity index (χ4v) is 5.13. The number of ether oxygens (including phenoxy) is 4. The molecule has 2 aliphatic carbocycles. The van der Waals surface area contributed by atoms with Gasteiger partial charge in [-0.25, -0.2) is 9.59 Å². The standard InChI is InChI=1S/C34H38O8/c1-4-7-9-13-19-39-33(37)41-31-25-16-12-11-15-23(25)27-28(29(31)35)24-18-17-22(6-3)21-26(24)32(30(27)36)42-34(38)40-20-14-10-8-5-2/h11-12,15-18,21H,4-10,13-14,19-20H2,1-3H3. The van der Waals surface area contributed by atoms with Crippen LogP contribution in [0.3, 0.4) is 0 Å². The van der Waals surface area contributed by atoms with E-state index in [4.69, 9.17) is 18.9 Å². The van der Waals surface area contributed by atoms with E-state index in [0.29, 0.717) is 34.9 Å². The summed E-state index contributed by atoms with van der Waals surface area (Å²) in [5.41, 5.74) is 1.05. The van der Waals surface area contributed by atoms with Crippen molar-refractivity contribution in [3.05, 3.63) is 68.9 Å². The monoisotopic (exact) mass is 574 g/mol. The number of fused-ring (bicyclic) bond motifs is 3. The lowest BCUT2D eigenvalue weighted by molar-refractivity contribution is -0.112. The van der Waals surface area contributed by atoms with Crippen LogP contribution in [0.4, 0.5) is 9.59 Å². The minimum Gasteiger partial charge on any atom is -0.434 e. The summed E-state index contributed by atoms with van der Waals surface area (Å²) in [6.07, 6.45) is 6.10. The summed E-state index contributed by atoms with van der Waals surface area (Å²) in [7, 11) is 0. The zero-order valence-corrected chi connectivity index (χ0v) is 24.6. The van der Waals surface area contributed by atoms with Crippen molar-refractivity contribution in [3.8, 4) is 0 Å². The van der Waals surface area contributed by atoms with Gasteiger partial charge in [0, 0.05) is 21.6 Å². The van der Waals surface area contributed by atoms with Gasteiger partial charge in [-0.2, -0.15) is 0 Å². The molecule has 0 saturated heterocycles. The number of carbonyl (C=O) groups excluding carboxylic acids is 4. The largest absolute Gasteiger partial charge is 0.513 e. The van der Waals surface area contributed by atoms with Crippen LogP contribution in [0, 0.1) is 0 Å². The Labute approximate surface area is 245 Å². The fourth-order valence-electron chi connectivity index (χ4n) is 5.13. The quantitative estimate of drug-likeness (QED) is 0.260. The van der Waals surface area contributed by atoms with Crippen molar-refractivity contribution >= 4 is 46.5 Å². The van der Waals surface area contributed by atoms with Gasteiger partial charge in [-0.1, -0.05) is 95.7 Å². The average Bonchev–Trinajstić information content (AvgIpc) is 3.00. The van der Waals surface area contributed by atoms with Crippen LogP contribution in [-0.2, 0) is 35.0 Å². The molecule has 0 radical (unpaired) electrons. The molecule has 2 aromatic rings. The topological polar surface area (TPSA) is 105 Å². The molecule has 0 heterocycles. The number of unbranched alkanes of at least 4 members (excludes halogenated alkanes) is 6. The Bertz CT molecular complexity index is 1620. The van der Waals surface area contributed by atoms with Crippen molar-refractivity contribution in [2.45, 2.75) is 78.6 Å². The van der Waals surface area contributed by atoms with Gasteiger partial charge >= 0.3 is 12.3 Å². The van der Waals surface area contributed by atoms with E-state index in [1.165, 1.54) is 0 Å². The van der Waals surface area contributed by atoms with Gasteiger partial charge in [0.25, 0.3) is 0 Å². The van der Waals surface area contributed by atoms with Crippen LogP contribution < -0.4 is 20.9 Å². The Balaban J connectivity index is 1.77. The molecule has 0 aromatic heterocycles. The lowest BCUT2D eigenvalue weighted by atomic mass is 9.83. The third kappa shape index (κ3) is 6.81. The highest BCUT2D eigenvalue weighted by molar-refractivity contribution is 6.58. The summed E-state index contributed by atoms with van der Waals surface area (Å²) < 4.78 is 21.5. The number of benzene rings is 2. The molecule has 0 atom stereocenters. The molecule has 42 heavy (non-hydrogen) atoms. The summed E-state index contributed by atoms with van der Waals surface area (Å²) in [6, 6.07) is 12.0. The SMILES string of the molecule is CCCCCCOC(=O)OC1=c2ccccc2=C2C(=O)C(OC(=O)OCCCCCC)=c3cc(CC)ccc3=C2C1=O. The van der Waals surface area contributed by atoms with Crippen molar-refractivity contribution in [2.24, 2.45) is 0 Å². The molecule has 222 valence electrons. The predicted octanol–water partition coefficient (Wildman–Crippen LogP) is 4.10. The Kier molecular flexibility index (Phi) is 10.7. The van der Waals surface area contributed by atoms with Crippen LogP contribution in [-0.4, -0.2) is 37.1 Å². The van der Waals surface area contributed by atoms with E-state index < -0.39 is 23.9 Å². The second-order valence-electron chi connectivity index (χ2n) is 10.4. The molecular formula is C34H38O8. The van der Waals surface area contributed by atoms with Crippen LogP contribution in [0.15, 0.2) is 42.5 Å². The van der Waals surface area contributed by atoms with Crippen molar-refractivity contribution < 1.29 is 38.1 Å². The van der Waals surface area contributed by atoms with E-state index in [0.717, 1.165) is 44.1 Å². The Morgan fingerprint density at radius 3 is 1.62 bits per heavy atom. The minimum atomic E-state index is -0.977.